The van der Waals surface area contributed by atoms with E-state index in [9.17, 15) is 4.79 Å². The van der Waals surface area contributed by atoms with Crippen LogP contribution in [0, 0.1) is 11.3 Å². The standard InChI is InChI=1S/C16H10BrN3O/c17-13-5-10-7-16(6-9(10)4-11(13)8-18)12-2-1-3-19-14(12)20-15(16)21/h1-5H,6-7H2,(H,19,20,21)/t16-/m1/s1. The highest BCUT2D eigenvalue weighted by Crippen LogP contribution is 2.47. The quantitative estimate of drug-likeness (QED) is 0.802. The second-order valence-corrected chi connectivity index (χ2v) is 6.36. The Morgan fingerprint density at radius 1 is 1.33 bits per heavy atom. The summed E-state index contributed by atoms with van der Waals surface area (Å²) >= 11 is 3.42. The number of aromatic nitrogens is 1. The van der Waals surface area contributed by atoms with E-state index in [4.69, 9.17) is 5.26 Å². The monoisotopic (exact) mass is 339 g/mol. The highest BCUT2D eigenvalue weighted by Gasteiger charge is 2.51. The number of rotatable bonds is 0. The lowest BCUT2D eigenvalue weighted by Crippen LogP contribution is -2.35. The van der Waals surface area contributed by atoms with Crippen LogP contribution in [-0.2, 0) is 23.1 Å². The summed E-state index contributed by atoms with van der Waals surface area (Å²) in [5.74, 6) is 0.664. The zero-order valence-corrected chi connectivity index (χ0v) is 12.6. The Bertz CT molecular complexity index is 840. The highest BCUT2D eigenvalue weighted by atomic mass is 79.9. The lowest BCUT2D eigenvalue weighted by atomic mass is 9.79. The third kappa shape index (κ3) is 1.60. The molecule has 1 aliphatic carbocycles. The van der Waals surface area contributed by atoms with Gasteiger partial charge in [-0.15, -0.1) is 0 Å². The van der Waals surface area contributed by atoms with Crippen molar-refractivity contribution in [3.8, 4) is 6.07 Å². The average molecular weight is 340 g/mol. The van der Waals surface area contributed by atoms with E-state index >= 15 is 0 Å². The number of hydrogen-bond donors (Lipinski definition) is 1. The third-order valence-corrected chi connectivity index (χ3v) is 5.04. The number of nitriles is 1. The first-order valence-corrected chi connectivity index (χ1v) is 7.42. The normalized spacial score (nSPS) is 21.8. The van der Waals surface area contributed by atoms with E-state index in [0.717, 1.165) is 21.2 Å². The predicted molar refractivity (Wildman–Crippen MR) is 80.8 cm³/mol. The van der Waals surface area contributed by atoms with E-state index in [1.807, 2.05) is 24.3 Å². The molecule has 1 amide bonds. The molecule has 2 aliphatic rings. The van der Waals surface area contributed by atoms with Gasteiger partial charge in [-0.05, 0) is 58.1 Å². The molecule has 2 aromatic rings. The second-order valence-electron chi connectivity index (χ2n) is 5.50. The zero-order valence-electron chi connectivity index (χ0n) is 11.0. The molecule has 0 fully saturated rings. The fourth-order valence-electron chi connectivity index (χ4n) is 3.38. The minimum absolute atomic E-state index is 0.00188. The molecule has 0 bridgehead atoms. The smallest absolute Gasteiger partial charge is 0.237 e. The van der Waals surface area contributed by atoms with Crippen molar-refractivity contribution < 1.29 is 4.79 Å². The first-order chi connectivity index (χ1) is 10.1. The minimum atomic E-state index is -0.570. The van der Waals surface area contributed by atoms with E-state index in [-0.39, 0.29) is 5.91 Å². The van der Waals surface area contributed by atoms with Crippen LogP contribution in [0.25, 0.3) is 0 Å². The lowest BCUT2D eigenvalue weighted by molar-refractivity contribution is -0.120. The molecule has 2 heterocycles. The first-order valence-electron chi connectivity index (χ1n) is 6.62. The van der Waals surface area contributed by atoms with Crippen LogP contribution in [0.15, 0.2) is 34.9 Å². The summed E-state index contributed by atoms with van der Waals surface area (Å²) < 4.78 is 0.783. The maximum absolute atomic E-state index is 12.5. The Morgan fingerprint density at radius 2 is 2.10 bits per heavy atom. The number of halogens is 1. The molecule has 1 spiro atoms. The number of carbonyl (C=O) groups is 1. The molecule has 1 aromatic carbocycles. The Hall–Kier alpha value is -2.19. The van der Waals surface area contributed by atoms with Crippen LogP contribution >= 0.6 is 15.9 Å². The number of nitrogens with zero attached hydrogens (tertiary/aromatic N) is 2. The van der Waals surface area contributed by atoms with Crippen molar-refractivity contribution in [3.05, 3.63) is 57.2 Å². The zero-order chi connectivity index (χ0) is 14.6. The summed E-state index contributed by atoms with van der Waals surface area (Å²) in [5.41, 5.74) is 3.19. The molecule has 1 N–H and O–H groups in total. The number of anilines is 1. The van der Waals surface area contributed by atoms with E-state index in [1.54, 1.807) is 6.20 Å². The molecule has 1 aromatic heterocycles. The van der Waals surface area contributed by atoms with Gasteiger partial charge in [0.05, 0.1) is 11.0 Å². The number of carbonyl (C=O) groups excluding carboxylic acids is 1. The van der Waals surface area contributed by atoms with Crippen molar-refractivity contribution >= 4 is 27.7 Å². The molecule has 1 atom stereocenters. The molecule has 0 saturated carbocycles. The Kier molecular flexibility index (Phi) is 2.48. The van der Waals surface area contributed by atoms with Gasteiger partial charge in [-0.25, -0.2) is 4.98 Å². The van der Waals surface area contributed by atoms with Gasteiger partial charge in [0.15, 0.2) is 0 Å². The highest BCUT2D eigenvalue weighted by molar-refractivity contribution is 9.10. The van der Waals surface area contributed by atoms with Crippen molar-refractivity contribution in [1.29, 1.82) is 5.26 Å². The molecule has 102 valence electrons. The molecule has 21 heavy (non-hydrogen) atoms. The molecule has 0 saturated heterocycles. The van der Waals surface area contributed by atoms with Crippen molar-refractivity contribution in [3.63, 3.8) is 0 Å². The van der Waals surface area contributed by atoms with Crippen LogP contribution in [0.1, 0.15) is 22.3 Å². The maximum Gasteiger partial charge on any atom is 0.237 e. The van der Waals surface area contributed by atoms with Gasteiger partial charge in [-0.2, -0.15) is 5.26 Å². The van der Waals surface area contributed by atoms with Crippen LogP contribution in [-0.4, -0.2) is 10.9 Å². The number of hydrogen-bond acceptors (Lipinski definition) is 3. The van der Waals surface area contributed by atoms with Gasteiger partial charge in [0, 0.05) is 16.2 Å². The number of fused-ring (bicyclic) bond motifs is 3. The fourth-order valence-corrected chi connectivity index (χ4v) is 3.86. The predicted octanol–water partition coefficient (Wildman–Crippen LogP) is 2.70. The Balaban J connectivity index is 1.87. The number of nitrogens with one attached hydrogen (secondary N) is 1. The summed E-state index contributed by atoms with van der Waals surface area (Å²) in [6, 6.07) is 9.85. The van der Waals surface area contributed by atoms with Crippen molar-refractivity contribution in [1.82, 2.24) is 4.98 Å². The summed E-state index contributed by atoms with van der Waals surface area (Å²) in [7, 11) is 0. The SMILES string of the molecule is N#Cc1cc2c(cc1Br)C[C@@]1(C2)C(=O)Nc2ncccc21. The Labute approximate surface area is 129 Å². The van der Waals surface area contributed by atoms with Gasteiger partial charge >= 0.3 is 0 Å². The lowest BCUT2D eigenvalue weighted by Gasteiger charge is -2.20. The summed E-state index contributed by atoms with van der Waals surface area (Å²) in [4.78, 5) is 16.8. The number of benzene rings is 1. The molecular weight excluding hydrogens is 330 g/mol. The topological polar surface area (TPSA) is 65.8 Å². The fraction of sp³-hybridized carbons (Fsp3) is 0.188. The molecule has 4 rings (SSSR count). The molecule has 5 heteroatoms. The molecule has 1 aliphatic heterocycles. The number of amides is 1. The summed E-state index contributed by atoms with van der Waals surface area (Å²) in [6.07, 6.45) is 2.95. The van der Waals surface area contributed by atoms with Gasteiger partial charge in [0.25, 0.3) is 0 Å². The van der Waals surface area contributed by atoms with Crippen molar-refractivity contribution in [2.45, 2.75) is 18.3 Å². The van der Waals surface area contributed by atoms with Crippen LogP contribution in [0.2, 0.25) is 0 Å². The Morgan fingerprint density at radius 3 is 2.86 bits per heavy atom. The molecule has 0 unspecified atom stereocenters. The summed E-state index contributed by atoms with van der Waals surface area (Å²) in [5, 5.41) is 12.0. The second kappa shape index (κ2) is 4.15. The molecule has 4 nitrogen and oxygen atoms in total. The van der Waals surface area contributed by atoms with E-state index in [0.29, 0.717) is 24.2 Å². The minimum Gasteiger partial charge on any atom is -0.310 e. The van der Waals surface area contributed by atoms with Gasteiger partial charge in [0.2, 0.25) is 5.91 Å². The maximum atomic E-state index is 12.5. The van der Waals surface area contributed by atoms with Gasteiger partial charge in [0.1, 0.15) is 11.9 Å². The van der Waals surface area contributed by atoms with Crippen molar-refractivity contribution in [2.24, 2.45) is 0 Å². The van der Waals surface area contributed by atoms with E-state index < -0.39 is 5.41 Å². The van der Waals surface area contributed by atoms with Gasteiger partial charge in [-0.1, -0.05) is 6.07 Å². The average Bonchev–Trinajstić information content (AvgIpc) is 2.97. The van der Waals surface area contributed by atoms with Crippen LogP contribution in [0.3, 0.4) is 0 Å². The van der Waals surface area contributed by atoms with E-state index in [2.05, 4.69) is 32.3 Å². The third-order valence-electron chi connectivity index (χ3n) is 4.38. The van der Waals surface area contributed by atoms with Gasteiger partial charge in [-0.3, -0.25) is 4.79 Å². The van der Waals surface area contributed by atoms with Crippen LogP contribution in [0.5, 0.6) is 0 Å². The number of pyridine rings is 1. The first kappa shape index (κ1) is 12.5. The van der Waals surface area contributed by atoms with E-state index in [1.165, 1.54) is 0 Å². The van der Waals surface area contributed by atoms with Crippen molar-refractivity contribution in [2.75, 3.05) is 5.32 Å². The van der Waals surface area contributed by atoms with Crippen LogP contribution < -0.4 is 5.32 Å². The molecular formula is C16H10BrN3O. The molecule has 0 radical (unpaired) electrons. The van der Waals surface area contributed by atoms with Crippen LogP contribution in [0.4, 0.5) is 5.82 Å². The summed E-state index contributed by atoms with van der Waals surface area (Å²) in [6.45, 7) is 0. The largest absolute Gasteiger partial charge is 0.310 e. The van der Waals surface area contributed by atoms with Gasteiger partial charge < -0.3 is 5.32 Å².